The Kier molecular flexibility index (Phi) is 5.19. The third-order valence-electron chi connectivity index (χ3n) is 3.34. The number of carbonyl (C=O) groups excluding carboxylic acids is 1. The first-order valence-corrected chi connectivity index (χ1v) is 7.74. The highest BCUT2D eigenvalue weighted by atomic mass is 32.2. The molecule has 114 valence electrons. The van der Waals surface area contributed by atoms with Crippen molar-refractivity contribution in [1.82, 2.24) is 4.90 Å². The van der Waals surface area contributed by atoms with Gasteiger partial charge < -0.3 is 9.64 Å². The van der Waals surface area contributed by atoms with Crippen LogP contribution in [0.1, 0.15) is 13.8 Å². The monoisotopic (exact) mass is 310 g/mol. The number of nitro benzene ring substituents is 1. The zero-order valence-electron chi connectivity index (χ0n) is 12.0. The highest BCUT2D eigenvalue weighted by Gasteiger charge is 2.27. The van der Waals surface area contributed by atoms with Gasteiger partial charge in [-0.05, 0) is 26.0 Å². The average molecular weight is 310 g/mol. The molecule has 2 atom stereocenters. The minimum atomic E-state index is -0.434. The molecule has 0 N–H and O–H groups in total. The first-order valence-electron chi connectivity index (χ1n) is 6.75. The maximum Gasteiger partial charge on any atom is 0.269 e. The molecule has 0 radical (unpaired) electrons. The topological polar surface area (TPSA) is 72.7 Å². The predicted molar refractivity (Wildman–Crippen MR) is 80.4 cm³/mol. The van der Waals surface area contributed by atoms with Crippen LogP contribution in [0.4, 0.5) is 5.69 Å². The van der Waals surface area contributed by atoms with Gasteiger partial charge in [0.2, 0.25) is 5.91 Å². The summed E-state index contributed by atoms with van der Waals surface area (Å²) < 4.78 is 5.50. The first kappa shape index (κ1) is 15.8. The van der Waals surface area contributed by atoms with Gasteiger partial charge in [-0.2, -0.15) is 0 Å². The number of rotatable bonds is 4. The summed E-state index contributed by atoms with van der Waals surface area (Å²) in [6, 6.07) is 6.33. The fraction of sp³-hybridized carbons (Fsp3) is 0.500. The first-order chi connectivity index (χ1) is 9.97. The van der Waals surface area contributed by atoms with Gasteiger partial charge >= 0.3 is 0 Å². The molecule has 1 aromatic carbocycles. The second-order valence-electron chi connectivity index (χ2n) is 5.08. The summed E-state index contributed by atoms with van der Waals surface area (Å²) in [6.07, 6.45) is 0.0644. The van der Waals surface area contributed by atoms with E-state index in [1.807, 2.05) is 18.7 Å². The third kappa shape index (κ3) is 4.18. The molecule has 0 aromatic heterocycles. The Morgan fingerprint density at radius 2 is 2.10 bits per heavy atom. The summed E-state index contributed by atoms with van der Waals surface area (Å²) in [5, 5.41) is 10.6. The van der Waals surface area contributed by atoms with Crippen LogP contribution < -0.4 is 0 Å². The van der Waals surface area contributed by atoms with Gasteiger partial charge in [0.05, 0.1) is 29.4 Å². The molecule has 0 unspecified atom stereocenters. The number of morpholine rings is 1. The van der Waals surface area contributed by atoms with Crippen molar-refractivity contribution in [3.63, 3.8) is 0 Å². The zero-order chi connectivity index (χ0) is 15.4. The standard InChI is InChI=1S/C14H18N2O4S/c1-10-8-20-11(2)7-15(10)14(17)9-21-13-5-3-12(4-6-13)16(18)19/h3-6,10-11H,7-9H2,1-2H3/t10-,11-/m0/s1. The molecule has 1 saturated heterocycles. The van der Waals surface area contributed by atoms with E-state index in [0.717, 1.165) is 4.90 Å². The van der Waals surface area contributed by atoms with Gasteiger partial charge in [0.25, 0.3) is 5.69 Å². The zero-order valence-corrected chi connectivity index (χ0v) is 12.8. The van der Waals surface area contributed by atoms with Gasteiger partial charge in [-0.1, -0.05) is 0 Å². The summed E-state index contributed by atoms with van der Waals surface area (Å²) in [4.78, 5) is 25.1. The average Bonchev–Trinajstić information content (AvgIpc) is 2.47. The molecule has 1 aromatic rings. The Bertz CT molecular complexity index is 520. The van der Waals surface area contributed by atoms with Crippen LogP contribution in [-0.4, -0.2) is 46.8 Å². The minimum Gasteiger partial charge on any atom is -0.375 e. The van der Waals surface area contributed by atoms with Crippen LogP contribution in [0.25, 0.3) is 0 Å². The molecule has 6 nitrogen and oxygen atoms in total. The number of hydrogen-bond acceptors (Lipinski definition) is 5. The third-order valence-corrected chi connectivity index (χ3v) is 4.33. The smallest absolute Gasteiger partial charge is 0.269 e. The summed E-state index contributed by atoms with van der Waals surface area (Å²) in [6.45, 7) is 5.10. The van der Waals surface area contributed by atoms with Crippen molar-refractivity contribution < 1.29 is 14.5 Å². The molecule has 1 aliphatic heterocycles. The molecule has 7 heteroatoms. The van der Waals surface area contributed by atoms with Crippen molar-refractivity contribution in [2.75, 3.05) is 18.9 Å². The summed E-state index contributed by atoms with van der Waals surface area (Å²) in [7, 11) is 0. The van der Waals surface area contributed by atoms with E-state index in [-0.39, 0.29) is 23.7 Å². The van der Waals surface area contributed by atoms with Gasteiger partial charge in [-0.3, -0.25) is 14.9 Å². The second-order valence-corrected chi connectivity index (χ2v) is 6.13. The summed E-state index contributed by atoms with van der Waals surface area (Å²) in [5.41, 5.74) is 0.0568. The lowest BCUT2D eigenvalue weighted by Crippen LogP contribution is -2.50. The van der Waals surface area contributed by atoms with Gasteiger partial charge in [0.15, 0.2) is 0 Å². The lowest BCUT2D eigenvalue weighted by Gasteiger charge is -2.36. The van der Waals surface area contributed by atoms with E-state index in [9.17, 15) is 14.9 Å². The van der Waals surface area contributed by atoms with E-state index < -0.39 is 4.92 Å². The summed E-state index contributed by atoms with van der Waals surface area (Å²) >= 11 is 1.39. The fourth-order valence-electron chi connectivity index (χ4n) is 2.14. The van der Waals surface area contributed by atoms with Crippen molar-refractivity contribution in [3.8, 4) is 0 Å². The normalized spacial score (nSPS) is 22.1. The van der Waals surface area contributed by atoms with Crippen molar-refractivity contribution in [2.45, 2.75) is 30.9 Å². The Morgan fingerprint density at radius 1 is 1.43 bits per heavy atom. The number of hydrogen-bond donors (Lipinski definition) is 0. The maximum atomic E-state index is 12.2. The number of nitro groups is 1. The largest absolute Gasteiger partial charge is 0.375 e. The van der Waals surface area contributed by atoms with Gasteiger partial charge in [-0.15, -0.1) is 11.8 Å². The van der Waals surface area contributed by atoms with Crippen LogP contribution in [0.2, 0.25) is 0 Å². The summed E-state index contributed by atoms with van der Waals surface area (Å²) in [5.74, 6) is 0.399. The van der Waals surface area contributed by atoms with Crippen molar-refractivity contribution in [3.05, 3.63) is 34.4 Å². The van der Waals surface area contributed by atoms with Crippen LogP contribution in [-0.2, 0) is 9.53 Å². The molecule has 2 rings (SSSR count). The molecule has 1 aliphatic rings. The minimum absolute atomic E-state index is 0.0568. The number of non-ortho nitro benzene ring substituents is 1. The fourth-order valence-corrected chi connectivity index (χ4v) is 2.93. The van der Waals surface area contributed by atoms with E-state index in [1.54, 1.807) is 12.1 Å². The van der Waals surface area contributed by atoms with E-state index in [0.29, 0.717) is 18.9 Å². The molecule has 0 saturated carbocycles. The van der Waals surface area contributed by atoms with Gasteiger partial charge in [0, 0.05) is 23.6 Å². The Balaban J connectivity index is 1.89. The number of ether oxygens (including phenoxy) is 1. The van der Waals surface area contributed by atoms with Crippen molar-refractivity contribution in [2.24, 2.45) is 0 Å². The molecule has 1 amide bonds. The lowest BCUT2D eigenvalue weighted by atomic mass is 10.2. The van der Waals surface area contributed by atoms with Crippen LogP contribution in [0.15, 0.2) is 29.2 Å². The Labute approximate surface area is 127 Å². The van der Waals surface area contributed by atoms with Crippen LogP contribution in [0.3, 0.4) is 0 Å². The van der Waals surface area contributed by atoms with Crippen molar-refractivity contribution in [1.29, 1.82) is 0 Å². The van der Waals surface area contributed by atoms with Gasteiger partial charge in [0.1, 0.15) is 0 Å². The van der Waals surface area contributed by atoms with E-state index >= 15 is 0 Å². The molecule has 0 aliphatic carbocycles. The van der Waals surface area contributed by atoms with Gasteiger partial charge in [-0.25, -0.2) is 0 Å². The predicted octanol–water partition coefficient (Wildman–Crippen LogP) is 2.32. The number of thioether (sulfide) groups is 1. The number of carbonyl (C=O) groups is 1. The van der Waals surface area contributed by atoms with Crippen molar-refractivity contribution >= 4 is 23.4 Å². The van der Waals surface area contributed by atoms with Crippen LogP contribution in [0, 0.1) is 10.1 Å². The van der Waals surface area contributed by atoms with Crippen LogP contribution in [0.5, 0.6) is 0 Å². The molecular weight excluding hydrogens is 292 g/mol. The van der Waals surface area contributed by atoms with E-state index in [2.05, 4.69) is 0 Å². The molecule has 1 heterocycles. The number of amides is 1. The molecule has 0 bridgehead atoms. The van der Waals surface area contributed by atoms with E-state index in [4.69, 9.17) is 4.74 Å². The molecule has 21 heavy (non-hydrogen) atoms. The molecular formula is C14H18N2O4S. The molecule has 0 spiro atoms. The number of nitrogens with zero attached hydrogens (tertiary/aromatic N) is 2. The number of benzene rings is 1. The maximum absolute atomic E-state index is 12.2. The second kappa shape index (κ2) is 6.91. The lowest BCUT2D eigenvalue weighted by molar-refractivity contribution is -0.384. The SMILES string of the molecule is C[C@H]1CN(C(=O)CSc2ccc([N+](=O)[O-])cc2)[C@@H](C)CO1. The Hall–Kier alpha value is -1.60. The van der Waals surface area contributed by atoms with Crippen LogP contribution >= 0.6 is 11.8 Å². The quantitative estimate of drug-likeness (QED) is 0.485. The highest BCUT2D eigenvalue weighted by molar-refractivity contribution is 8.00. The highest BCUT2D eigenvalue weighted by Crippen LogP contribution is 2.22. The molecule has 1 fully saturated rings. The van der Waals surface area contributed by atoms with E-state index in [1.165, 1.54) is 23.9 Å². The Morgan fingerprint density at radius 3 is 2.71 bits per heavy atom.